The van der Waals surface area contributed by atoms with Gasteiger partial charge in [-0.05, 0) is 44.4 Å². The number of amides is 1. The zero-order valence-corrected chi connectivity index (χ0v) is 15.5. The molecule has 0 radical (unpaired) electrons. The van der Waals surface area contributed by atoms with E-state index in [9.17, 15) is 9.59 Å². The molecule has 24 heavy (non-hydrogen) atoms. The lowest BCUT2D eigenvalue weighted by Gasteiger charge is -2.25. The van der Waals surface area contributed by atoms with Gasteiger partial charge in [0.1, 0.15) is 9.36 Å². The summed E-state index contributed by atoms with van der Waals surface area (Å²) in [4.78, 5) is 28.7. The number of halogens is 2. The summed E-state index contributed by atoms with van der Waals surface area (Å²) < 4.78 is 9.39. The van der Waals surface area contributed by atoms with Gasteiger partial charge in [-0.1, -0.05) is 23.2 Å². The van der Waals surface area contributed by atoms with Crippen molar-refractivity contribution in [1.29, 1.82) is 0 Å². The van der Waals surface area contributed by atoms with Crippen molar-refractivity contribution in [3.63, 3.8) is 0 Å². The lowest BCUT2D eigenvalue weighted by atomic mass is 10.1. The number of aromatic nitrogens is 2. The zero-order chi connectivity index (χ0) is 17.9. The monoisotopic (exact) mass is 387 g/mol. The van der Waals surface area contributed by atoms with Gasteiger partial charge in [-0.3, -0.25) is 9.78 Å². The van der Waals surface area contributed by atoms with Gasteiger partial charge in [0.2, 0.25) is 6.10 Å². The Balaban J connectivity index is 2.28. The van der Waals surface area contributed by atoms with Gasteiger partial charge in [-0.25, -0.2) is 4.79 Å². The van der Waals surface area contributed by atoms with Gasteiger partial charge in [0.25, 0.3) is 5.91 Å². The van der Waals surface area contributed by atoms with Gasteiger partial charge >= 0.3 is 5.97 Å². The number of esters is 1. The number of hydrogen-bond donors (Lipinski definition) is 1. The van der Waals surface area contributed by atoms with Crippen LogP contribution in [0.25, 0.3) is 0 Å². The number of ether oxygens (including phenoxy) is 1. The van der Waals surface area contributed by atoms with Gasteiger partial charge in [0.15, 0.2) is 5.69 Å². The smallest absolute Gasteiger partial charge is 0.360 e. The van der Waals surface area contributed by atoms with Crippen LogP contribution in [0.4, 0.5) is 0 Å². The van der Waals surface area contributed by atoms with Crippen LogP contribution >= 0.6 is 34.7 Å². The molecule has 2 heterocycles. The minimum Gasteiger partial charge on any atom is -0.442 e. The molecule has 0 fully saturated rings. The van der Waals surface area contributed by atoms with Crippen molar-refractivity contribution < 1.29 is 14.3 Å². The average Bonchev–Trinajstić information content (AvgIpc) is 2.83. The molecule has 0 bridgehead atoms. The van der Waals surface area contributed by atoms with Crippen LogP contribution in [0.2, 0.25) is 9.36 Å². The van der Waals surface area contributed by atoms with Crippen LogP contribution < -0.4 is 5.32 Å². The van der Waals surface area contributed by atoms with Crippen LogP contribution in [-0.2, 0) is 9.53 Å². The summed E-state index contributed by atoms with van der Waals surface area (Å²) in [5, 5.41) is 2.79. The average molecular weight is 388 g/mol. The fourth-order valence-electron chi connectivity index (χ4n) is 1.79. The Kier molecular flexibility index (Phi) is 5.79. The third kappa shape index (κ3) is 4.66. The fraction of sp³-hybridized carbons (Fsp3) is 0.333. The number of carbonyl (C=O) groups excluding carboxylic acids is 2. The highest BCUT2D eigenvalue weighted by atomic mass is 35.5. The highest BCUT2D eigenvalue weighted by molar-refractivity contribution is 7.11. The maximum absolute atomic E-state index is 12.5. The van der Waals surface area contributed by atoms with E-state index < -0.39 is 23.5 Å². The van der Waals surface area contributed by atoms with E-state index in [1.54, 1.807) is 12.1 Å². The summed E-state index contributed by atoms with van der Waals surface area (Å²) in [6.07, 6.45) is 1.86. The predicted molar refractivity (Wildman–Crippen MR) is 92.4 cm³/mol. The number of nitrogens with one attached hydrogen (secondary N) is 1. The number of carbonyl (C=O) groups is 2. The summed E-state index contributed by atoms with van der Waals surface area (Å²) >= 11 is 12.6. The first kappa shape index (κ1) is 18.6. The lowest BCUT2D eigenvalue weighted by molar-refractivity contribution is -0.131. The molecule has 2 aromatic rings. The third-order valence-corrected chi connectivity index (χ3v) is 4.37. The van der Waals surface area contributed by atoms with E-state index >= 15 is 0 Å². The molecule has 1 N–H and O–H groups in total. The van der Waals surface area contributed by atoms with Crippen molar-refractivity contribution in [3.05, 3.63) is 45.1 Å². The molecule has 2 aromatic heterocycles. The molecule has 0 aliphatic carbocycles. The van der Waals surface area contributed by atoms with Gasteiger partial charge in [0.05, 0.1) is 0 Å². The first-order valence-electron chi connectivity index (χ1n) is 6.92. The van der Waals surface area contributed by atoms with E-state index in [1.165, 1.54) is 12.4 Å². The number of hydrogen-bond acceptors (Lipinski definition) is 6. The van der Waals surface area contributed by atoms with E-state index in [0.29, 0.717) is 5.56 Å². The molecular weight excluding hydrogens is 373 g/mol. The van der Waals surface area contributed by atoms with Gasteiger partial charge in [0, 0.05) is 23.5 Å². The Morgan fingerprint density at radius 2 is 1.88 bits per heavy atom. The molecule has 0 saturated carbocycles. The minimum atomic E-state index is -1.16. The van der Waals surface area contributed by atoms with E-state index in [-0.39, 0.29) is 15.1 Å². The molecule has 0 spiro atoms. The summed E-state index contributed by atoms with van der Waals surface area (Å²) in [6.45, 7) is 5.48. The van der Waals surface area contributed by atoms with Crippen molar-refractivity contribution in [3.8, 4) is 0 Å². The predicted octanol–water partition coefficient (Wildman–Crippen LogP) is 3.66. The Hall–Kier alpha value is -1.70. The Morgan fingerprint density at radius 1 is 1.25 bits per heavy atom. The normalized spacial score (nSPS) is 12.5. The molecule has 6 nitrogen and oxygen atoms in total. The number of nitrogens with zero attached hydrogens (tertiary/aromatic N) is 2. The molecule has 1 amide bonds. The van der Waals surface area contributed by atoms with Gasteiger partial charge < -0.3 is 10.1 Å². The van der Waals surface area contributed by atoms with Gasteiger partial charge in [-0.15, -0.1) is 0 Å². The zero-order valence-electron chi connectivity index (χ0n) is 13.2. The van der Waals surface area contributed by atoms with Crippen LogP contribution in [-0.4, -0.2) is 26.8 Å². The summed E-state index contributed by atoms with van der Waals surface area (Å²) in [5.74, 6) is -1.28. The van der Waals surface area contributed by atoms with Crippen LogP contribution in [0.1, 0.15) is 42.9 Å². The van der Waals surface area contributed by atoms with Crippen molar-refractivity contribution >= 4 is 46.6 Å². The first-order chi connectivity index (χ1) is 11.2. The van der Waals surface area contributed by atoms with Crippen LogP contribution in [0, 0.1) is 0 Å². The van der Waals surface area contributed by atoms with Crippen molar-refractivity contribution in [2.75, 3.05) is 0 Å². The summed E-state index contributed by atoms with van der Waals surface area (Å²) in [7, 11) is 0. The quantitative estimate of drug-likeness (QED) is 0.809. The second-order valence-corrected chi connectivity index (χ2v) is 7.68. The van der Waals surface area contributed by atoms with Gasteiger partial charge in [-0.2, -0.15) is 4.37 Å². The Labute approximate surface area is 153 Å². The maximum Gasteiger partial charge on any atom is 0.360 e. The highest BCUT2D eigenvalue weighted by Crippen LogP contribution is 2.31. The molecular formula is C15H15Cl2N3O3S. The molecule has 128 valence electrons. The lowest BCUT2D eigenvalue weighted by Crippen LogP contribution is -2.44. The van der Waals surface area contributed by atoms with E-state index in [4.69, 9.17) is 27.9 Å². The fourth-order valence-corrected chi connectivity index (χ4v) is 2.78. The van der Waals surface area contributed by atoms with Crippen molar-refractivity contribution in [2.45, 2.75) is 32.4 Å². The third-order valence-electron chi connectivity index (χ3n) is 2.76. The molecule has 0 saturated heterocycles. The molecule has 0 aromatic carbocycles. The standard InChI is InChI=1S/C15H15Cl2N3O3S/c1-15(2,3)19-13(21)11(8-4-6-18-7-5-8)23-14(22)10-9(16)12(17)24-20-10/h4-7,11H,1-3H3,(H,19,21). The molecule has 9 heteroatoms. The minimum absolute atomic E-state index is 0.0105. The van der Waals surface area contributed by atoms with E-state index in [1.807, 2.05) is 20.8 Å². The highest BCUT2D eigenvalue weighted by Gasteiger charge is 2.30. The Bertz CT molecular complexity index is 744. The van der Waals surface area contributed by atoms with Crippen LogP contribution in [0.3, 0.4) is 0 Å². The van der Waals surface area contributed by atoms with E-state index in [0.717, 1.165) is 11.5 Å². The van der Waals surface area contributed by atoms with Crippen LogP contribution in [0.5, 0.6) is 0 Å². The second-order valence-electron chi connectivity index (χ2n) is 5.92. The second kappa shape index (κ2) is 7.46. The molecule has 1 atom stereocenters. The van der Waals surface area contributed by atoms with Crippen LogP contribution in [0.15, 0.2) is 24.5 Å². The van der Waals surface area contributed by atoms with E-state index in [2.05, 4.69) is 14.7 Å². The number of pyridine rings is 1. The summed E-state index contributed by atoms with van der Waals surface area (Å²) in [5.41, 5.74) is -0.122. The molecule has 0 aliphatic rings. The molecule has 1 unspecified atom stereocenters. The number of rotatable bonds is 4. The SMILES string of the molecule is CC(C)(C)NC(=O)C(OC(=O)c1nsc(Cl)c1Cl)c1ccncc1. The molecule has 0 aliphatic heterocycles. The van der Waals surface area contributed by atoms with Crippen molar-refractivity contribution in [1.82, 2.24) is 14.7 Å². The molecule has 2 rings (SSSR count). The topological polar surface area (TPSA) is 81.2 Å². The largest absolute Gasteiger partial charge is 0.442 e. The summed E-state index contributed by atoms with van der Waals surface area (Å²) in [6, 6.07) is 3.19. The van der Waals surface area contributed by atoms with Crippen molar-refractivity contribution in [2.24, 2.45) is 0 Å². The first-order valence-corrected chi connectivity index (χ1v) is 8.45. The maximum atomic E-state index is 12.5. The Morgan fingerprint density at radius 3 is 2.38 bits per heavy atom.